The summed E-state index contributed by atoms with van der Waals surface area (Å²) >= 11 is 0. The first-order valence-corrected chi connectivity index (χ1v) is 3.97. The monoisotopic (exact) mass is 192 g/mol. The maximum Gasteiger partial charge on any atom is 0.228 e. The lowest BCUT2D eigenvalue weighted by atomic mass is 10.3. The quantitative estimate of drug-likeness (QED) is 0.675. The molecule has 2 N–H and O–H groups in total. The Kier molecular flexibility index (Phi) is 1.81. The highest BCUT2D eigenvalue weighted by atomic mass is 16.3. The summed E-state index contributed by atoms with van der Waals surface area (Å²) in [5.74, 6) is 0.349. The fourth-order valence-corrected chi connectivity index (χ4v) is 1.17. The van der Waals surface area contributed by atoms with Crippen molar-refractivity contribution in [2.24, 2.45) is 0 Å². The summed E-state index contributed by atoms with van der Waals surface area (Å²) in [4.78, 5) is 17.3. The van der Waals surface area contributed by atoms with Crippen LogP contribution in [0.2, 0.25) is 0 Å². The summed E-state index contributed by atoms with van der Waals surface area (Å²) in [6.07, 6.45) is 3.70. The fourth-order valence-electron chi connectivity index (χ4n) is 1.17. The van der Waals surface area contributed by atoms with E-state index in [1.54, 1.807) is 19.3 Å². The van der Waals surface area contributed by atoms with Gasteiger partial charge in [-0.15, -0.1) is 0 Å². The molecule has 2 aromatic rings. The van der Waals surface area contributed by atoms with Crippen LogP contribution in [0.15, 0.2) is 12.4 Å². The first-order valence-electron chi connectivity index (χ1n) is 3.97. The van der Waals surface area contributed by atoms with Crippen molar-refractivity contribution in [2.75, 3.05) is 0 Å². The predicted octanol–water partition coefficient (Wildman–Crippen LogP) is 0.422. The van der Waals surface area contributed by atoms with Gasteiger partial charge in [-0.3, -0.25) is 4.79 Å². The zero-order chi connectivity index (χ0) is 10.1. The van der Waals surface area contributed by atoms with Crippen LogP contribution in [-0.2, 0) is 0 Å². The Morgan fingerprint density at radius 3 is 2.93 bits per heavy atom. The van der Waals surface area contributed by atoms with Crippen LogP contribution >= 0.6 is 0 Å². The number of imidazole rings is 1. The van der Waals surface area contributed by atoms with E-state index >= 15 is 0 Å². The number of hydrogen-bond acceptors (Lipinski definition) is 4. The number of aromatic hydroxyl groups is 1. The average molecular weight is 192 g/mol. The molecule has 2 heterocycles. The highest BCUT2D eigenvalue weighted by molar-refractivity contribution is 5.76. The van der Waals surface area contributed by atoms with Gasteiger partial charge in [0.25, 0.3) is 0 Å². The molecule has 6 heteroatoms. The second-order valence-electron chi connectivity index (χ2n) is 2.76. The summed E-state index contributed by atoms with van der Waals surface area (Å²) in [6, 6.07) is 0. The van der Waals surface area contributed by atoms with Gasteiger partial charge in [0.2, 0.25) is 5.95 Å². The van der Waals surface area contributed by atoms with E-state index in [4.69, 9.17) is 0 Å². The summed E-state index contributed by atoms with van der Waals surface area (Å²) in [6.45, 7) is 1.65. The minimum Gasteiger partial charge on any atom is -0.504 e. The van der Waals surface area contributed by atoms with Crippen LogP contribution < -0.4 is 0 Å². The third kappa shape index (κ3) is 1.08. The molecule has 0 radical (unpaired) electrons. The van der Waals surface area contributed by atoms with Crippen molar-refractivity contribution >= 4 is 6.29 Å². The van der Waals surface area contributed by atoms with Crippen molar-refractivity contribution < 1.29 is 9.90 Å². The van der Waals surface area contributed by atoms with E-state index in [1.807, 2.05) is 0 Å². The number of H-pyrrole nitrogens is 1. The molecule has 0 aliphatic carbocycles. The topological polar surface area (TPSA) is 83.8 Å². The number of carbonyl (C=O) groups is 1. The summed E-state index contributed by atoms with van der Waals surface area (Å²) in [7, 11) is 0. The van der Waals surface area contributed by atoms with E-state index in [2.05, 4.69) is 15.1 Å². The van der Waals surface area contributed by atoms with E-state index in [0.717, 1.165) is 0 Å². The number of carbonyl (C=O) groups excluding carboxylic acids is 1. The van der Waals surface area contributed by atoms with Gasteiger partial charge in [-0.1, -0.05) is 0 Å². The van der Waals surface area contributed by atoms with E-state index in [1.165, 1.54) is 4.68 Å². The predicted molar refractivity (Wildman–Crippen MR) is 47.5 cm³/mol. The number of hydrogen-bond donors (Lipinski definition) is 2. The molecular weight excluding hydrogens is 184 g/mol. The Hall–Kier alpha value is -2.11. The van der Waals surface area contributed by atoms with E-state index in [-0.39, 0.29) is 11.4 Å². The Morgan fingerprint density at radius 2 is 2.43 bits per heavy atom. The molecule has 72 valence electrons. The molecule has 0 bridgehead atoms. The summed E-state index contributed by atoms with van der Waals surface area (Å²) < 4.78 is 1.37. The third-order valence-electron chi connectivity index (χ3n) is 1.91. The number of aromatic nitrogens is 4. The number of aromatic amines is 1. The second-order valence-corrected chi connectivity index (χ2v) is 2.76. The molecule has 2 rings (SSSR count). The number of rotatable bonds is 2. The van der Waals surface area contributed by atoms with Crippen LogP contribution in [0.4, 0.5) is 0 Å². The van der Waals surface area contributed by atoms with Crippen LogP contribution in [0.25, 0.3) is 5.95 Å². The number of aldehydes is 1. The lowest BCUT2D eigenvalue weighted by Gasteiger charge is -1.97. The minimum absolute atomic E-state index is 0.0129. The number of nitrogens with one attached hydrogen (secondary N) is 1. The number of nitrogens with zero attached hydrogens (tertiary/aromatic N) is 3. The van der Waals surface area contributed by atoms with Crippen LogP contribution in [0.1, 0.15) is 16.2 Å². The van der Waals surface area contributed by atoms with Gasteiger partial charge in [0.05, 0.1) is 5.69 Å². The highest BCUT2D eigenvalue weighted by Gasteiger charge is 2.14. The van der Waals surface area contributed by atoms with Gasteiger partial charge in [-0.05, 0) is 6.92 Å². The van der Waals surface area contributed by atoms with Crippen molar-refractivity contribution in [1.29, 1.82) is 0 Å². The molecule has 2 aromatic heterocycles. The molecule has 0 spiro atoms. The molecule has 0 aliphatic rings. The SMILES string of the molecule is Cc1c(O)c(C=O)nn1-c1ncc[nH]1. The maximum atomic E-state index is 10.5. The molecule has 0 saturated heterocycles. The van der Waals surface area contributed by atoms with E-state index in [9.17, 15) is 9.90 Å². The first-order chi connectivity index (χ1) is 6.74. The molecule has 0 unspecified atom stereocenters. The second kappa shape index (κ2) is 2.99. The normalized spacial score (nSPS) is 10.4. The van der Waals surface area contributed by atoms with Gasteiger partial charge in [0, 0.05) is 12.4 Å². The molecule has 0 aliphatic heterocycles. The molecular formula is C8H8N4O2. The maximum absolute atomic E-state index is 10.5. The van der Waals surface area contributed by atoms with Crippen molar-refractivity contribution in [3.63, 3.8) is 0 Å². The van der Waals surface area contributed by atoms with Crippen LogP contribution in [0.3, 0.4) is 0 Å². The average Bonchev–Trinajstić information content (AvgIpc) is 2.78. The van der Waals surface area contributed by atoms with Crippen molar-refractivity contribution in [2.45, 2.75) is 6.92 Å². The molecule has 0 saturated carbocycles. The van der Waals surface area contributed by atoms with Crippen molar-refractivity contribution in [1.82, 2.24) is 19.7 Å². The van der Waals surface area contributed by atoms with Crippen LogP contribution in [0.5, 0.6) is 5.75 Å². The van der Waals surface area contributed by atoms with Crippen molar-refractivity contribution in [3.05, 3.63) is 23.8 Å². The third-order valence-corrected chi connectivity index (χ3v) is 1.91. The van der Waals surface area contributed by atoms with Gasteiger partial charge in [-0.2, -0.15) is 5.10 Å². The lowest BCUT2D eigenvalue weighted by Crippen LogP contribution is -2.01. The Morgan fingerprint density at radius 1 is 1.64 bits per heavy atom. The standard InChI is InChI=1S/C8H8N4O2/c1-5-7(14)6(4-13)11-12(5)8-9-2-3-10-8/h2-4,14H,1H3,(H,9,10). The Labute approximate surface area is 79.2 Å². The zero-order valence-corrected chi connectivity index (χ0v) is 7.43. The van der Waals surface area contributed by atoms with Gasteiger partial charge >= 0.3 is 0 Å². The molecule has 14 heavy (non-hydrogen) atoms. The molecule has 0 fully saturated rings. The smallest absolute Gasteiger partial charge is 0.228 e. The highest BCUT2D eigenvalue weighted by Crippen LogP contribution is 2.20. The molecule has 0 aromatic carbocycles. The molecule has 6 nitrogen and oxygen atoms in total. The zero-order valence-electron chi connectivity index (χ0n) is 7.43. The van der Waals surface area contributed by atoms with Gasteiger partial charge < -0.3 is 10.1 Å². The summed E-state index contributed by atoms with van der Waals surface area (Å²) in [5.41, 5.74) is 0.487. The van der Waals surface area contributed by atoms with Crippen LogP contribution in [-0.4, -0.2) is 31.1 Å². The Balaban J connectivity index is 2.60. The van der Waals surface area contributed by atoms with E-state index < -0.39 is 0 Å². The fraction of sp³-hybridized carbons (Fsp3) is 0.125. The van der Waals surface area contributed by atoms with Gasteiger partial charge in [0.15, 0.2) is 17.7 Å². The Bertz CT molecular complexity index is 458. The van der Waals surface area contributed by atoms with E-state index in [0.29, 0.717) is 17.9 Å². The molecule has 0 amide bonds. The first kappa shape index (κ1) is 8.49. The van der Waals surface area contributed by atoms with Gasteiger partial charge in [0.1, 0.15) is 0 Å². The molecule has 0 atom stereocenters. The largest absolute Gasteiger partial charge is 0.504 e. The van der Waals surface area contributed by atoms with Gasteiger partial charge in [-0.25, -0.2) is 9.67 Å². The summed E-state index contributed by atoms with van der Waals surface area (Å²) in [5, 5.41) is 13.3. The van der Waals surface area contributed by atoms with Crippen LogP contribution in [0, 0.1) is 6.92 Å². The minimum atomic E-state index is -0.114. The van der Waals surface area contributed by atoms with Crippen molar-refractivity contribution in [3.8, 4) is 11.7 Å². The lowest BCUT2D eigenvalue weighted by molar-refractivity contribution is 0.111.